The molecule has 0 fully saturated rings. The Bertz CT molecular complexity index is 801. The molecule has 0 aliphatic rings. The Morgan fingerprint density at radius 1 is 1.40 bits per heavy atom. The lowest BCUT2D eigenvalue weighted by molar-refractivity contribution is 0.0698. The molecule has 1 N–H and O–H groups in total. The van der Waals surface area contributed by atoms with Crippen LogP contribution in [0, 0.1) is 6.92 Å². The third-order valence-corrected chi connectivity index (χ3v) is 3.55. The van der Waals surface area contributed by atoms with Gasteiger partial charge in [0.1, 0.15) is 0 Å². The van der Waals surface area contributed by atoms with Crippen molar-refractivity contribution < 1.29 is 9.90 Å². The Kier molecular flexibility index (Phi) is 2.78. The highest BCUT2D eigenvalue weighted by Crippen LogP contribution is 2.20. The molecule has 102 valence electrons. The molecule has 0 aliphatic carbocycles. The Labute approximate surface area is 115 Å². The molecule has 3 aromatic rings. The number of para-hydroxylation sites is 1. The fourth-order valence-electron chi connectivity index (χ4n) is 2.30. The van der Waals surface area contributed by atoms with E-state index in [0.717, 1.165) is 11.3 Å². The molecule has 0 radical (unpaired) electrons. The predicted molar refractivity (Wildman–Crippen MR) is 73.7 cm³/mol. The first-order chi connectivity index (χ1) is 9.58. The number of imidazole rings is 1. The van der Waals surface area contributed by atoms with E-state index < -0.39 is 5.97 Å². The summed E-state index contributed by atoms with van der Waals surface area (Å²) in [5.74, 6) is -0.944. The smallest absolute Gasteiger partial charge is 0.337 e. The van der Waals surface area contributed by atoms with Gasteiger partial charge in [0.05, 0.1) is 35.7 Å². The first-order valence-corrected chi connectivity index (χ1v) is 6.22. The topological polar surface area (TPSA) is 72.9 Å². The van der Waals surface area contributed by atoms with Crippen LogP contribution < -0.4 is 0 Å². The van der Waals surface area contributed by atoms with Crippen molar-refractivity contribution in [3.63, 3.8) is 0 Å². The number of nitrogens with zero attached hydrogens (tertiary/aromatic N) is 4. The molecule has 0 aliphatic heterocycles. The molecule has 0 amide bonds. The summed E-state index contributed by atoms with van der Waals surface area (Å²) in [6.07, 6.45) is 3.47. The van der Waals surface area contributed by atoms with E-state index in [9.17, 15) is 9.90 Å². The maximum atomic E-state index is 11.3. The Hall–Kier alpha value is -2.63. The summed E-state index contributed by atoms with van der Waals surface area (Å²) in [7, 11) is 1.88. The van der Waals surface area contributed by atoms with Gasteiger partial charge in [-0.25, -0.2) is 9.78 Å². The second-order valence-corrected chi connectivity index (χ2v) is 4.73. The maximum Gasteiger partial charge on any atom is 0.337 e. The van der Waals surface area contributed by atoms with Gasteiger partial charge in [-0.15, -0.1) is 0 Å². The summed E-state index contributed by atoms with van der Waals surface area (Å²) in [6, 6.07) is 5.12. The molecular formula is C14H14N4O2. The van der Waals surface area contributed by atoms with Gasteiger partial charge in [-0.05, 0) is 19.1 Å². The SMILES string of the molecule is Cc1c(Cn2cnc3cccc(C(=O)O)c32)cnn1C. The number of fused-ring (bicyclic) bond motifs is 1. The predicted octanol–water partition coefficient (Wildman–Crippen LogP) is 1.82. The summed E-state index contributed by atoms with van der Waals surface area (Å²) < 4.78 is 3.65. The first kappa shape index (κ1) is 12.4. The lowest BCUT2D eigenvalue weighted by Crippen LogP contribution is -2.05. The van der Waals surface area contributed by atoms with E-state index in [1.807, 2.05) is 24.6 Å². The lowest BCUT2D eigenvalue weighted by atomic mass is 10.1. The van der Waals surface area contributed by atoms with Crippen molar-refractivity contribution in [2.45, 2.75) is 13.5 Å². The molecule has 20 heavy (non-hydrogen) atoms. The van der Waals surface area contributed by atoms with Crippen molar-refractivity contribution in [2.24, 2.45) is 7.05 Å². The molecule has 0 unspecified atom stereocenters. The van der Waals surface area contributed by atoms with Crippen molar-refractivity contribution in [3.05, 3.63) is 47.5 Å². The van der Waals surface area contributed by atoms with Gasteiger partial charge < -0.3 is 9.67 Å². The normalized spacial score (nSPS) is 11.1. The van der Waals surface area contributed by atoms with Crippen molar-refractivity contribution in [2.75, 3.05) is 0 Å². The third kappa shape index (κ3) is 1.85. The van der Waals surface area contributed by atoms with Crippen molar-refractivity contribution >= 4 is 17.0 Å². The number of hydrogen-bond donors (Lipinski definition) is 1. The van der Waals surface area contributed by atoms with Gasteiger partial charge in [0.25, 0.3) is 0 Å². The van der Waals surface area contributed by atoms with Crippen LogP contribution in [0.2, 0.25) is 0 Å². The summed E-state index contributed by atoms with van der Waals surface area (Å²) in [5.41, 5.74) is 3.70. The molecule has 0 bridgehead atoms. The Balaban J connectivity index is 2.13. The maximum absolute atomic E-state index is 11.3. The van der Waals surface area contributed by atoms with Gasteiger partial charge in [-0.3, -0.25) is 4.68 Å². The van der Waals surface area contributed by atoms with Gasteiger partial charge in [-0.2, -0.15) is 5.10 Å². The number of aromatic carboxylic acids is 1. The minimum Gasteiger partial charge on any atom is -0.478 e. The second-order valence-electron chi connectivity index (χ2n) is 4.73. The van der Waals surface area contributed by atoms with Gasteiger partial charge in [0.2, 0.25) is 0 Å². The fourth-order valence-corrected chi connectivity index (χ4v) is 2.30. The van der Waals surface area contributed by atoms with Crippen molar-refractivity contribution in [1.82, 2.24) is 19.3 Å². The number of carboxylic acids is 1. The lowest BCUT2D eigenvalue weighted by Gasteiger charge is -2.06. The van der Waals surface area contributed by atoms with Gasteiger partial charge in [0.15, 0.2) is 0 Å². The van der Waals surface area contributed by atoms with E-state index >= 15 is 0 Å². The van der Waals surface area contributed by atoms with Crippen LogP contribution in [0.15, 0.2) is 30.7 Å². The van der Waals surface area contributed by atoms with Gasteiger partial charge in [0, 0.05) is 18.3 Å². The van der Waals surface area contributed by atoms with E-state index in [2.05, 4.69) is 10.1 Å². The molecule has 2 heterocycles. The zero-order valence-corrected chi connectivity index (χ0v) is 11.2. The molecule has 1 aromatic carbocycles. The van der Waals surface area contributed by atoms with E-state index in [1.54, 1.807) is 29.3 Å². The van der Waals surface area contributed by atoms with Crippen LogP contribution in [0.3, 0.4) is 0 Å². The number of rotatable bonds is 3. The monoisotopic (exact) mass is 270 g/mol. The van der Waals surface area contributed by atoms with Gasteiger partial charge >= 0.3 is 5.97 Å². The van der Waals surface area contributed by atoms with Crippen LogP contribution in [0.4, 0.5) is 0 Å². The molecule has 0 saturated heterocycles. The average molecular weight is 270 g/mol. The molecule has 6 heteroatoms. The fraction of sp³-hybridized carbons (Fsp3) is 0.214. The standard InChI is InChI=1S/C14H14N4O2/c1-9-10(6-16-17(9)2)7-18-8-15-12-5-3-4-11(13(12)18)14(19)20/h3-6,8H,7H2,1-2H3,(H,19,20). The van der Waals surface area contributed by atoms with Crippen LogP contribution in [0.5, 0.6) is 0 Å². The van der Waals surface area contributed by atoms with Crippen LogP contribution in [0.25, 0.3) is 11.0 Å². The zero-order chi connectivity index (χ0) is 14.3. The highest BCUT2D eigenvalue weighted by Gasteiger charge is 2.14. The molecule has 6 nitrogen and oxygen atoms in total. The van der Waals surface area contributed by atoms with E-state index in [-0.39, 0.29) is 5.56 Å². The van der Waals surface area contributed by atoms with E-state index in [1.165, 1.54) is 0 Å². The second kappa shape index (κ2) is 4.48. The average Bonchev–Trinajstić information content (AvgIpc) is 2.97. The Morgan fingerprint density at radius 2 is 2.20 bits per heavy atom. The summed E-state index contributed by atoms with van der Waals surface area (Å²) >= 11 is 0. The summed E-state index contributed by atoms with van der Waals surface area (Å²) in [6.45, 7) is 2.54. The number of aryl methyl sites for hydroxylation is 1. The van der Waals surface area contributed by atoms with Crippen LogP contribution in [-0.4, -0.2) is 30.4 Å². The van der Waals surface area contributed by atoms with Crippen molar-refractivity contribution in [1.29, 1.82) is 0 Å². The summed E-state index contributed by atoms with van der Waals surface area (Å²) in [4.78, 5) is 15.6. The Morgan fingerprint density at radius 3 is 2.85 bits per heavy atom. The number of hydrogen-bond acceptors (Lipinski definition) is 3. The number of carboxylic acid groups (broad SMARTS) is 1. The van der Waals surface area contributed by atoms with Crippen LogP contribution in [-0.2, 0) is 13.6 Å². The first-order valence-electron chi connectivity index (χ1n) is 6.22. The minimum absolute atomic E-state index is 0.265. The van der Waals surface area contributed by atoms with Crippen molar-refractivity contribution in [3.8, 4) is 0 Å². The van der Waals surface area contributed by atoms with Gasteiger partial charge in [-0.1, -0.05) is 6.07 Å². The van der Waals surface area contributed by atoms with Crippen LogP contribution >= 0.6 is 0 Å². The highest BCUT2D eigenvalue weighted by molar-refractivity contribution is 6.01. The molecular weight excluding hydrogens is 256 g/mol. The van der Waals surface area contributed by atoms with E-state index in [4.69, 9.17) is 0 Å². The van der Waals surface area contributed by atoms with Crippen LogP contribution in [0.1, 0.15) is 21.6 Å². The number of benzene rings is 1. The number of carbonyl (C=O) groups is 1. The van der Waals surface area contributed by atoms with E-state index in [0.29, 0.717) is 17.6 Å². The quantitative estimate of drug-likeness (QED) is 0.788. The molecule has 0 atom stereocenters. The molecule has 0 saturated carbocycles. The third-order valence-electron chi connectivity index (χ3n) is 3.55. The molecule has 2 aromatic heterocycles. The molecule has 3 rings (SSSR count). The molecule has 0 spiro atoms. The minimum atomic E-state index is -0.944. The zero-order valence-electron chi connectivity index (χ0n) is 11.2. The number of aromatic nitrogens is 4. The summed E-state index contributed by atoms with van der Waals surface area (Å²) in [5, 5.41) is 13.5. The largest absolute Gasteiger partial charge is 0.478 e. The highest BCUT2D eigenvalue weighted by atomic mass is 16.4.